The van der Waals surface area contributed by atoms with E-state index in [-0.39, 0.29) is 0 Å². The Morgan fingerprint density at radius 1 is 1.19 bits per heavy atom. The maximum atomic E-state index is 5.78. The molecular formula is C18H25NO2. The second-order valence-corrected chi connectivity index (χ2v) is 5.74. The van der Waals surface area contributed by atoms with Gasteiger partial charge in [0.05, 0.1) is 6.26 Å². The van der Waals surface area contributed by atoms with Crippen LogP contribution in [0.2, 0.25) is 0 Å². The molecule has 0 aliphatic rings. The number of furan rings is 1. The van der Waals surface area contributed by atoms with Gasteiger partial charge in [0, 0.05) is 12.1 Å². The SMILES string of the molecule is CCc1cccc(OCc2cc(CNCC(C)C)co2)c1. The Labute approximate surface area is 127 Å². The second kappa shape index (κ2) is 7.89. The van der Waals surface area contributed by atoms with Crippen molar-refractivity contribution in [3.63, 3.8) is 0 Å². The van der Waals surface area contributed by atoms with Crippen molar-refractivity contribution in [3.8, 4) is 5.75 Å². The van der Waals surface area contributed by atoms with Gasteiger partial charge in [-0.3, -0.25) is 0 Å². The fourth-order valence-electron chi connectivity index (χ4n) is 2.11. The van der Waals surface area contributed by atoms with Crippen molar-refractivity contribution in [2.75, 3.05) is 6.54 Å². The van der Waals surface area contributed by atoms with Crippen LogP contribution < -0.4 is 10.1 Å². The summed E-state index contributed by atoms with van der Waals surface area (Å²) in [7, 11) is 0. The molecule has 0 atom stereocenters. The molecule has 0 radical (unpaired) electrons. The molecular weight excluding hydrogens is 262 g/mol. The van der Waals surface area contributed by atoms with Gasteiger partial charge in [-0.1, -0.05) is 32.9 Å². The summed E-state index contributed by atoms with van der Waals surface area (Å²) in [4.78, 5) is 0. The molecule has 1 aromatic carbocycles. The lowest BCUT2D eigenvalue weighted by Gasteiger charge is -2.05. The predicted molar refractivity (Wildman–Crippen MR) is 85.4 cm³/mol. The highest BCUT2D eigenvalue weighted by molar-refractivity contribution is 5.28. The van der Waals surface area contributed by atoms with E-state index in [1.807, 2.05) is 12.1 Å². The zero-order valence-electron chi connectivity index (χ0n) is 13.2. The molecule has 21 heavy (non-hydrogen) atoms. The summed E-state index contributed by atoms with van der Waals surface area (Å²) in [5, 5.41) is 3.40. The molecule has 0 saturated carbocycles. The van der Waals surface area contributed by atoms with Crippen molar-refractivity contribution < 1.29 is 9.15 Å². The minimum Gasteiger partial charge on any atom is -0.486 e. The second-order valence-electron chi connectivity index (χ2n) is 5.74. The number of nitrogens with one attached hydrogen (secondary N) is 1. The molecule has 0 bridgehead atoms. The van der Waals surface area contributed by atoms with Crippen molar-refractivity contribution in [3.05, 3.63) is 53.5 Å². The Morgan fingerprint density at radius 3 is 2.81 bits per heavy atom. The van der Waals surface area contributed by atoms with Crippen LogP contribution in [-0.4, -0.2) is 6.54 Å². The van der Waals surface area contributed by atoms with Gasteiger partial charge in [-0.2, -0.15) is 0 Å². The molecule has 0 amide bonds. The minimum absolute atomic E-state index is 0.470. The molecule has 1 N–H and O–H groups in total. The van der Waals surface area contributed by atoms with Gasteiger partial charge in [0.1, 0.15) is 18.1 Å². The van der Waals surface area contributed by atoms with Crippen LogP contribution >= 0.6 is 0 Å². The van der Waals surface area contributed by atoms with Gasteiger partial charge in [0.2, 0.25) is 0 Å². The Kier molecular flexibility index (Phi) is 5.88. The first-order valence-electron chi connectivity index (χ1n) is 7.66. The van der Waals surface area contributed by atoms with Gasteiger partial charge in [0.15, 0.2) is 0 Å². The number of ether oxygens (including phenoxy) is 1. The third-order valence-electron chi connectivity index (χ3n) is 3.28. The molecule has 114 valence electrons. The van der Waals surface area contributed by atoms with Crippen LogP contribution in [0.4, 0.5) is 0 Å². The van der Waals surface area contributed by atoms with Gasteiger partial charge in [-0.25, -0.2) is 0 Å². The maximum absolute atomic E-state index is 5.78. The van der Waals surface area contributed by atoms with Gasteiger partial charge in [-0.15, -0.1) is 0 Å². The monoisotopic (exact) mass is 287 g/mol. The summed E-state index contributed by atoms with van der Waals surface area (Å²) < 4.78 is 11.3. The third-order valence-corrected chi connectivity index (χ3v) is 3.28. The van der Waals surface area contributed by atoms with Crippen molar-refractivity contribution in [2.45, 2.75) is 40.3 Å². The molecule has 1 heterocycles. The van der Waals surface area contributed by atoms with E-state index in [0.717, 1.165) is 36.6 Å². The average Bonchev–Trinajstić information content (AvgIpc) is 2.93. The Morgan fingerprint density at radius 2 is 2.05 bits per heavy atom. The number of hydrogen-bond acceptors (Lipinski definition) is 3. The standard InChI is InChI=1S/C18H25NO2/c1-4-15-6-5-7-17(8-15)21-13-18-9-16(12-20-18)11-19-10-14(2)3/h5-9,12,14,19H,4,10-11,13H2,1-3H3. The van der Waals surface area contributed by atoms with Crippen LogP contribution in [0.15, 0.2) is 41.0 Å². The summed E-state index contributed by atoms with van der Waals surface area (Å²) in [6, 6.07) is 10.2. The smallest absolute Gasteiger partial charge is 0.146 e. The molecule has 0 aliphatic heterocycles. The fraction of sp³-hybridized carbons (Fsp3) is 0.444. The zero-order chi connectivity index (χ0) is 15.1. The third kappa shape index (κ3) is 5.27. The lowest BCUT2D eigenvalue weighted by Crippen LogP contribution is -2.18. The Hall–Kier alpha value is -1.74. The highest BCUT2D eigenvalue weighted by atomic mass is 16.5. The van der Waals surface area contributed by atoms with E-state index in [4.69, 9.17) is 9.15 Å². The first kappa shape index (κ1) is 15.6. The molecule has 0 aliphatic carbocycles. The molecule has 1 aromatic heterocycles. The van der Waals surface area contributed by atoms with E-state index in [0.29, 0.717) is 12.5 Å². The van der Waals surface area contributed by atoms with E-state index in [1.165, 1.54) is 5.56 Å². The van der Waals surface area contributed by atoms with E-state index < -0.39 is 0 Å². The number of benzene rings is 1. The van der Waals surface area contributed by atoms with E-state index >= 15 is 0 Å². The van der Waals surface area contributed by atoms with Crippen LogP contribution in [-0.2, 0) is 19.6 Å². The normalized spacial score (nSPS) is 11.0. The van der Waals surface area contributed by atoms with Crippen LogP contribution in [0.1, 0.15) is 37.7 Å². The minimum atomic E-state index is 0.470. The number of rotatable bonds is 8. The van der Waals surface area contributed by atoms with Crippen LogP contribution in [0.3, 0.4) is 0 Å². The molecule has 0 unspecified atom stereocenters. The summed E-state index contributed by atoms with van der Waals surface area (Å²) in [5.41, 5.74) is 2.45. The molecule has 0 spiro atoms. The van der Waals surface area contributed by atoms with E-state index in [9.17, 15) is 0 Å². The van der Waals surface area contributed by atoms with Gasteiger partial charge in [-0.05, 0) is 42.6 Å². The first-order chi connectivity index (χ1) is 10.2. The van der Waals surface area contributed by atoms with E-state index in [1.54, 1.807) is 6.26 Å². The molecule has 2 rings (SSSR count). The summed E-state index contributed by atoms with van der Waals surface area (Å²) in [6.45, 7) is 8.87. The van der Waals surface area contributed by atoms with Crippen molar-refractivity contribution in [1.29, 1.82) is 0 Å². The Balaban J connectivity index is 1.82. The number of hydrogen-bond donors (Lipinski definition) is 1. The van der Waals surface area contributed by atoms with Gasteiger partial charge >= 0.3 is 0 Å². The lowest BCUT2D eigenvalue weighted by molar-refractivity contribution is 0.270. The highest BCUT2D eigenvalue weighted by Crippen LogP contribution is 2.16. The molecule has 3 nitrogen and oxygen atoms in total. The van der Waals surface area contributed by atoms with Crippen LogP contribution in [0.25, 0.3) is 0 Å². The highest BCUT2D eigenvalue weighted by Gasteiger charge is 2.04. The molecule has 2 aromatic rings. The van der Waals surface area contributed by atoms with Crippen LogP contribution in [0.5, 0.6) is 5.75 Å². The van der Waals surface area contributed by atoms with Crippen molar-refractivity contribution >= 4 is 0 Å². The van der Waals surface area contributed by atoms with Crippen LogP contribution in [0, 0.1) is 5.92 Å². The predicted octanol–water partition coefficient (Wildman–Crippen LogP) is 4.17. The van der Waals surface area contributed by atoms with Crippen molar-refractivity contribution in [1.82, 2.24) is 5.32 Å². The number of aryl methyl sites for hydroxylation is 1. The summed E-state index contributed by atoms with van der Waals surface area (Å²) >= 11 is 0. The topological polar surface area (TPSA) is 34.4 Å². The van der Waals surface area contributed by atoms with Gasteiger partial charge in [0.25, 0.3) is 0 Å². The van der Waals surface area contributed by atoms with E-state index in [2.05, 4.69) is 44.3 Å². The lowest BCUT2D eigenvalue weighted by atomic mass is 10.2. The fourth-order valence-corrected chi connectivity index (χ4v) is 2.11. The molecule has 0 fully saturated rings. The first-order valence-corrected chi connectivity index (χ1v) is 7.66. The maximum Gasteiger partial charge on any atom is 0.146 e. The van der Waals surface area contributed by atoms with Gasteiger partial charge < -0.3 is 14.5 Å². The largest absolute Gasteiger partial charge is 0.486 e. The Bertz CT molecular complexity index is 546. The summed E-state index contributed by atoms with van der Waals surface area (Å²) in [6.07, 6.45) is 2.82. The molecule has 0 saturated heterocycles. The summed E-state index contributed by atoms with van der Waals surface area (Å²) in [5.74, 6) is 2.41. The molecule has 3 heteroatoms. The quantitative estimate of drug-likeness (QED) is 0.791. The zero-order valence-corrected chi connectivity index (χ0v) is 13.2. The van der Waals surface area contributed by atoms with Crippen molar-refractivity contribution in [2.24, 2.45) is 5.92 Å². The average molecular weight is 287 g/mol.